The van der Waals surface area contributed by atoms with Crippen molar-refractivity contribution in [2.75, 3.05) is 6.61 Å². The molecule has 0 aliphatic carbocycles. The van der Waals surface area contributed by atoms with Crippen molar-refractivity contribution in [3.63, 3.8) is 0 Å². The van der Waals surface area contributed by atoms with Crippen LogP contribution in [0.3, 0.4) is 0 Å². The van der Waals surface area contributed by atoms with E-state index in [2.05, 4.69) is 0 Å². The molecule has 66 valence electrons. The van der Waals surface area contributed by atoms with Crippen LogP contribution in [-0.2, 0) is 4.79 Å². The Morgan fingerprint density at radius 3 is 1.55 bits per heavy atom. The van der Waals surface area contributed by atoms with Crippen LogP contribution in [-0.4, -0.2) is 45.2 Å². The molecule has 0 aliphatic rings. The minimum atomic E-state index is -1.83. The number of nitrogens with two attached hydrogens (primary N) is 1. The van der Waals surface area contributed by atoms with Gasteiger partial charge in [-0.25, -0.2) is 4.79 Å². The van der Waals surface area contributed by atoms with Gasteiger partial charge in [-0.3, -0.25) is 4.79 Å². The number of carboxylic acids is 1. The molecule has 0 aromatic heterocycles. The Morgan fingerprint density at radius 2 is 1.55 bits per heavy atom. The highest BCUT2D eigenvalue weighted by molar-refractivity contribution is 5.73. The molecule has 1 atom stereocenters. The SMILES string of the molecule is NC(CO)C(=O)O.O=C(O)O. The Hall–Kier alpha value is -1.34. The molecule has 0 aromatic carbocycles. The zero-order chi connectivity index (χ0) is 9.44. The van der Waals surface area contributed by atoms with Gasteiger partial charge in [-0.1, -0.05) is 0 Å². The number of aliphatic carboxylic acids is 1. The summed E-state index contributed by atoms with van der Waals surface area (Å²) in [5.74, 6) is -1.18. The largest absolute Gasteiger partial charge is 0.503 e. The second-order valence-electron chi connectivity index (χ2n) is 1.41. The second kappa shape index (κ2) is 6.78. The van der Waals surface area contributed by atoms with Gasteiger partial charge in [0.2, 0.25) is 0 Å². The van der Waals surface area contributed by atoms with E-state index in [0.717, 1.165) is 0 Å². The fraction of sp³-hybridized carbons (Fsp3) is 0.500. The summed E-state index contributed by atoms with van der Waals surface area (Å²) in [5, 5.41) is 29.8. The van der Waals surface area contributed by atoms with Gasteiger partial charge < -0.3 is 26.2 Å². The molecule has 6 N–H and O–H groups in total. The number of carboxylic acid groups (broad SMARTS) is 3. The highest BCUT2D eigenvalue weighted by Gasteiger charge is 2.06. The zero-order valence-electron chi connectivity index (χ0n) is 5.47. The predicted molar refractivity (Wildman–Crippen MR) is 33.4 cm³/mol. The first kappa shape index (κ1) is 12.3. The average Bonchev–Trinajstić information content (AvgIpc) is 1.85. The van der Waals surface area contributed by atoms with Crippen molar-refractivity contribution >= 4 is 12.1 Å². The summed E-state index contributed by atoms with van der Waals surface area (Å²) in [6.45, 7) is -0.505. The molecule has 7 nitrogen and oxygen atoms in total. The van der Waals surface area contributed by atoms with E-state index < -0.39 is 24.8 Å². The lowest BCUT2D eigenvalue weighted by atomic mass is 10.3. The van der Waals surface area contributed by atoms with Gasteiger partial charge in [0, 0.05) is 0 Å². The first-order valence-corrected chi connectivity index (χ1v) is 2.43. The molecule has 1 unspecified atom stereocenters. The van der Waals surface area contributed by atoms with Gasteiger partial charge in [0.1, 0.15) is 6.04 Å². The van der Waals surface area contributed by atoms with Crippen molar-refractivity contribution in [3.05, 3.63) is 0 Å². The number of aliphatic hydroxyl groups excluding tert-OH is 1. The molecule has 0 bridgehead atoms. The summed E-state index contributed by atoms with van der Waals surface area (Å²) in [5.41, 5.74) is 4.77. The monoisotopic (exact) mass is 167 g/mol. The van der Waals surface area contributed by atoms with Crippen LogP contribution < -0.4 is 5.73 Å². The number of carbonyl (C=O) groups is 2. The fourth-order valence-corrected chi connectivity index (χ4v) is 0.0781. The third-order valence-corrected chi connectivity index (χ3v) is 0.514. The second-order valence-corrected chi connectivity index (χ2v) is 1.41. The molecule has 0 aliphatic heterocycles. The average molecular weight is 167 g/mol. The van der Waals surface area contributed by atoms with Gasteiger partial charge in [-0.05, 0) is 0 Å². The van der Waals surface area contributed by atoms with E-state index in [0.29, 0.717) is 0 Å². The predicted octanol–water partition coefficient (Wildman–Crippen LogP) is -1.39. The van der Waals surface area contributed by atoms with Crippen LogP contribution in [0.2, 0.25) is 0 Å². The molecule has 0 rings (SSSR count). The number of hydrogen-bond acceptors (Lipinski definition) is 4. The number of aliphatic hydroxyl groups is 1. The van der Waals surface area contributed by atoms with Gasteiger partial charge in [-0.15, -0.1) is 0 Å². The van der Waals surface area contributed by atoms with Gasteiger partial charge in [0.25, 0.3) is 0 Å². The summed E-state index contributed by atoms with van der Waals surface area (Å²) >= 11 is 0. The van der Waals surface area contributed by atoms with E-state index in [9.17, 15) is 4.79 Å². The molecule has 0 heterocycles. The first-order valence-electron chi connectivity index (χ1n) is 2.43. The third-order valence-electron chi connectivity index (χ3n) is 0.514. The van der Waals surface area contributed by atoms with E-state index in [1.54, 1.807) is 0 Å². The van der Waals surface area contributed by atoms with Gasteiger partial charge in [0.05, 0.1) is 6.61 Å². The van der Waals surface area contributed by atoms with Crippen LogP contribution in [0.25, 0.3) is 0 Å². The molecule has 7 heteroatoms. The van der Waals surface area contributed by atoms with Crippen molar-refractivity contribution in [2.24, 2.45) is 5.73 Å². The molecule has 0 saturated heterocycles. The quantitative estimate of drug-likeness (QED) is 0.341. The molecular formula is C4H9NO6. The number of hydrogen-bond donors (Lipinski definition) is 5. The molecule has 0 radical (unpaired) electrons. The lowest BCUT2D eigenvalue weighted by Crippen LogP contribution is -2.33. The van der Waals surface area contributed by atoms with Crippen molar-refractivity contribution in [1.82, 2.24) is 0 Å². The third kappa shape index (κ3) is 17.7. The van der Waals surface area contributed by atoms with Gasteiger partial charge >= 0.3 is 12.1 Å². The Morgan fingerprint density at radius 1 is 1.27 bits per heavy atom. The molecule has 0 saturated carbocycles. The van der Waals surface area contributed by atoms with Crippen LogP contribution >= 0.6 is 0 Å². The van der Waals surface area contributed by atoms with Crippen LogP contribution in [0.15, 0.2) is 0 Å². The highest BCUT2D eigenvalue weighted by atomic mass is 16.6. The molecule has 0 fully saturated rings. The van der Waals surface area contributed by atoms with E-state index in [4.69, 9.17) is 31.0 Å². The molecule has 0 spiro atoms. The summed E-state index contributed by atoms with van der Waals surface area (Å²) in [6.07, 6.45) is -1.83. The van der Waals surface area contributed by atoms with Crippen molar-refractivity contribution in [3.8, 4) is 0 Å². The normalized spacial score (nSPS) is 10.7. The summed E-state index contributed by atoms with van der Waals surface area (Å²) in [6, 6.07) is -1.13. The fourth-order valence-electron chi connectivity index (χ4n) is 0.0781. The van der Waals surface area contributed by atoms with E-state index >= 15 is 0 Å². The topological polar surface area (TPSA) is 141 Å². The van der Waals surface area contributed by atoms with Crippen LogP contribution in [0, 0.1) is 0 Å². The first-order chi connectivity index (χ1) is 4.91. The Balaban J connectivity index is 0. The zero-order valence-corrected chi connectivity index (χ0v) is 5.47. The molecule has 0 amide bonds. The molecule has 11 heavy (non-hydrogen) atoms. The van der Waals surface area contributed by atoms with E-state index in [1.807, 2.05) is 0 Å². The smallest absolute Gasteiger partial charge is 0.480 e. The highest BCUT2D eigenvalue weighted by Crippen LogP contribution is 1.71. The summed E-state index contributed by atoms with van der Waals surface area (Å²) in [4.78, 5) is 18.2. The van der Waals surface area contributed by atoms with Crippen LogP contribution in [0.4, 0.5) is 4.79 Å². The summed E-state index contributed by atoms with van der Waals surface area (Å²) < 4.78 is 0. The minimum Gasteiger partial charge on any atom is -0.480 e. The Kier molecular flexibility index (Phi) is 7.61. The van der Waals surface area contributed by atoms with Crippen LogP contribution in [0.1, 0.15) is 0 Å². The van der Waals surface area contributed by atoms with Crippen molar-refractivity contribution in [1.29, 1.82) is 0 Å². The van der Waals surface area contributed by atoms with Crippen molar-refractivity contribution < 1.29 is 30.0 Å². The van der Waals surface area contributed by atoms with E-state index in [1.165, 1.54) is 0 Å². The summed E-state index contributed by atoms with van der Waals surface area (Å²) in [7, 11) is 0. The Labute approximate surface area is 61.7 Å². The van der Waals surface area contributed by atoms with Crippen LogP contribution in [0.5, 0.6) is 0 Å². The van der Waals surface area contributed by atoms with Crippen molar-refractivity contribution in [2.45, 2.75) is 6.04 Å². The van der Waals surface area contributed by atoms with Gasteiger partial charge in [-0.2, -0.15) is 0 Å². The maximum atomic E-state index is 9.65. The van der Waals surface area contributed by atoms with E-state index in [-0.39, 0.29) is 0 Å². The minimum absolute atomic E-state index is 0.505. The number of rotatable bonds is 2. The van der Waals surface area contributed by atoms with Gasteiger partial charge in [0.15, 0.2) is 0 Å². The standard InChI is InChI=1S/C3H7NO3.CH2O3/c4-2(1-5)3(6)7;2-1(3)4/h2,5H,1,4H2,(H,6,7);(H2,2,3,4). The lowest BCUT2D eigenvalue weighted by molar-refractivity contribution is -0.139. The maximum Gasteiger partial charge on any atom is 0.503 e. The Bertz CT molecular complexity index is 131. The molecular weight excluding hydrogens is 158 g/mol. The molecule has 0 aromatic rings. The lowest BCUT2D eigenvalue weighted by Gasteiger charge is -1.96. The maximum absolute atomic E-state index is 9.65.